The van der Waals surface area contributed by atoms with Gasteiger partial charge in [-0.1, -0.05) is 45.2 Å². The Kier molecular flexibility index (Phi) is 5.14. The average Bonchev–Trinajstić information content (AvgIpc) is 3.09. The molecule has 5 heteroatoms. The number of nitrogens with zero attached hydrogens (tertiary/aromatic N) is 2. The highest BCUT2D eigenvalue weighted by atomic mass is 16.7. The van der Waals surface area contributed by atoms with Gasteiger partial charge in [-0.05, 0) is 24.6 Å². The summed E-state index contributed by atoms with van der Waals surface area (Å²) in [5.41, 5.74) is 1.13. The van der Waals surface area contributed by atoms with Gasteiger partial charge in [0.25, 0.3) is 0 Å². The number of unbranched alkanes of at least 4 members (excludes halogenated alkanes) is 1. The highest BCUT2D eigenvalue weighted by Gasteiger charge is 2.13. The van der Waals surface area contributed by atoms with Crippen molar-refractivity contribution in [2.75, 3.05) is 0 Å². The third-order valence-corrected chi connectivity index (χ3v) is 2.77. The molecule has 0 amide bonds. The van der Waals surface area contributed by atoms with Crippen LogP contribution in [0.1, 0.15) is 31.2 Å². The molecule has 0 aliphatic carbocycles. The molecule has 0 atom stereocenters. The number of aromatic nitrogens is 2. The summed E-state index contributed by atoms with van der Waals surface area (Å²) < 4.78 is 16.3. The summed E-state index contributed by atoms with van der Waals surface area (Å²) in [5.74, 6) is 0.479. The van der Waals surface area contributed by atoms with Crippen molar-refractivity contribution >= 4 is 24.3 Å². The van der Waals surface area contributed by atoms with E-state index in [9.17, 15) is 0 Å². The van der Waals surface area contributed by atoms with E-state index < -0.39 is 0 Å². The van der Waals surface area contributed by atoms with Crippen LogP contribution in [0.4, 0.5) is 0 Å². The minimum atomic E-state index is 0.0262. The fraction of sp³-hybridized carbons (Fsp3) is 0.176. The zero-order chi connectivity index (χ0) is 15.9. The van der Waals surface area contributed by atoms with Crippen molar-refractivity contribution in [2.45, 2.75) is 19.8 Å². The normalized spacial score (nSPS) is 12.4. The molecule has 0 fully saturated rings. The Morgan fingerprint density at radius 2 is 1.86 bits per heavy atom. The molecule has 0 N–H and O–H groups in total. The fourth-order valence-electron chi connectivity index (χ4n) is 1.75. The van der Waals surface area contributed by atoms with E-state index >= 15 is 0 Å². The first-order valence-electron chi connectivity index (χ1n) is 6.95. The highest BCUT2D eigenvalue weighted by molar-refractivity contribution is 5.56. The molecule has 0 radical (unpaired) electrons. The number of ether oxygens (including phenoxy) is 1. The summed E-state index contributed by atoms with van der Waals surface area (Å²) in [6, 6.07) is 0. The summed E-state index contributed by atoms with van der Waals surface area (Å²) in [7, 11) is 0. The fourth-order valence-corrected chi connectivity index (χ4v) is 1.75. The van der Waals surface area contributed by atoms with Crippen LogP contribution in [0.5, 0.6) is 12.2 Å². The van der Waals surface area contributed by atoms with Crippen LogP contribution < -0.4 is 15.5 Å². The predicted octanol–water partition coefficient (Wildman–Crippen LogP) is 3.29. The zero-order valence-corrected chi connectivity index (χ0v) is 12.5. The average molecular weight is 298 g/mol. The maximum Gasteiger partial charge on any atom is 0.403 e. The summed E-state index contributed by atoms with van der Waals surface area (Å²) >= 11 is 0. The lowest BCUT2D eigenvalue weighted by Crippen LogP contribution is -2.21. The smallest absolute Gasteiger partial charge is 0.403 e. The SMILES string of the molecule is C=C/C=c1/oc(Oc2nc(C=C)c(C=C)o2)n/c1=C/CCC. The minimum Gasteiger partial charge on any atom is -0.409 e. The molecule has 114 valence electrons. The molecule has 0 saturated carbocycles. The summed E-state index contributed by atoms with van der Waals surface area (Å²) in [4.78, 5) is 8.40. The first-order chi connectivity index (χ1) is 10.7. The lowest BCUT2D eigenvalue weighted by atomic mass is 10.3. The van der Waals surface area contributed by atoms with Gasteiger partial charge < -0.3 is 13.6 Å². The van der Waals surface area contributed by atoms with Crippen molar-refractivity contribution in [3.63, 3.8) is 0 Å². The molecule has 0 unspecified atom stereocenters. The molecule has 2 rings (SSSR count). The van der Waals surface area contributed by atoms with Crippen molar-refractivity contribution in [1.82, 2.24) is 9.97 Å². The standard InChI is InChI=1S/C17H18N2O3/c1-5-9-11-13-15(10-6-2)21-17(19-13)22-16-18-12(7-3)14(8-4)20-16/h6-8,10-11H,2-5,9H2,1H3/b13-11+,15-10+. The van der Waals surface area contributed by atoms with Gasteiger partial charge in [0, 0.05) is 0 Å². The van der Waals surface area contributed by atoms with Gasteiger partial charge in [0.15, 0.2) is 11.2 Å². The lowest BCUT2D eigenvalue weighted by Gasteiger charge is -1.91. The van der Waals surface area contributed by atoms with Crippen LogP contribution in [-0.4, -0.2) is 9.97 Å². The van der Waals surface area contributed by atoms with Crippen LogP contribution in [0.2, 0.25) is 0 Å². The van der Waals surface area contributed by atoms with Crippen LogP contribution in [-0.2, 0) is 0 Å². The van der Waals surface area contributed by atoms with Gasteiger partial charge in [-0.25, -0.2) is 0 Å². The summed E-state index contributed by atoms with van der Waals surface area (Å²) in [6.07, 6.45) is 10.4. The number of hydrogen-bond donors (Lipinski definition) is 0. The second kappa shape index (κ2) is 7.26. The van der Waals surface area contributed by atoms with Crippen LogP contribution in [0.15, 0.2) is 34.6 Å². The molecule has 22 heavy (non-hydrogen) atoms. The maximum absolute atomic E-state index is 5.53. The van der Waals surface area contributed by atoms with Crippen molar-refractivity contribution in [1.29, 1.82) is 0 Å². The van der Waals surface area contributed by atoms with E-state index in [-0.39, 0.29) is 12.2 Å². The predicted molar refractivity (Wildman–Crippen MR) is 86.5 cm³/mol. The van der Waals surface area contributed by atoms with E-state index in [0.717, 1.165) is 12.8 Å². The van der Waals surface area contributed by atoms with Gasteiger partial charge >= 0.3 is 12.2 Å². The van der Waals surface area contributed by atoms with Gasteiger partial charge in [0.05, 0.1) is 0 Å². The third kappa shape index (κ3) is 3.44. The first-order valence-corrected chi connectivity index (χ1v) is 6.95. The largest absolute Gasteiger partial charge is 0.409 e. The second-order valence-electron chi connectivity index (χ2n) is 4.36. The number of rotatable bonds is 7. The Bertz CT molecular complexity index is 771. The van der Waals surface area contributed by atoms with Crippen LogP contribution in [0.25, 0.3) is 24.3 Å². The molecule has 0 saturated heterocycles. The van der Waals surface area contributed by atoms with Gasteiger partial charge in [-0.2, -0.15) is 9.97 Å². The molecule has 0 bridgehead atoms. The Labute approximate surface area is 128 Å². The maximum atomic E-state index is 5.53. The van der Waals surface area contributed by atoms with Gasteiger partial charge in [0.1, 0.15) is 11.0 Å². The van der Waals surface area contributed by atoms with Crippen LogP contribution in [0.3, 0.4) is 0 Å². The number of oxazole rings is 2. The molecular weight excluding hydrogens is 280 g/mol. The molecule has 0 spiro atoms. The molecule has 2 heterocycles. The first kappa shape index (κ1) is 15.6. The van der Waals surface area contributed by atoms with Gasteiger partial charge in [-0.15, -0.1) is 0 Å². The molecule has 5 nitrogen and oxygen atoms in total. The molecule has 0 aliphatic rings. The van der Waals surface area contributed by atoms with Crippen molar-refractivity contribution in [3.05, 3.63) is 48.0 Å². The monoisotopic (exact) mass is 298 g/mol. The van der Waals surface area contributed by atoms with Crippen molar-refractivity contribution < 1.29 is 13.6 Å². The molecular formula is C17H18N2O3. The van der Waals surface area contributed by atoms with Crippen molar-refractivity contribution in [3.8, 4) is 12.2 Å². The van der Waals surface area contributed by atoms with Crippen LogP contribution >= 0.6 is 0 Å². The number of hydrogen-bond acceptors (Lipinski definition) is 5. The van der Waals surface area contributed by atoms with Crippen LogP contribution in [0, 0.1) is 0 Å². The summed E-state index contributed by atoms with van der Waals surface area (Å²) in [5, 5.41) is 0.705. The van der Waals surface area contributed by atoms with Gasteiger partial charge in [-0.3, -0.25) is 0 Å². The van der Waals surface area contributed by atoms with E-state index in [2.05, 4.69) is 36.6 Å². The zero-order valence-electron chi connectivity index (χ0n) is 12.5. The van der Waals surface area contributed by atoms with E-state index in [4.69, 9.17) is 13.6 Å². The van der Waals surface area contributed by atoms with Gasteiger partial charge in [0.2, 0.25) is 0 Å². The Morgan fingerprint density at radius 3 is 2.45 bits per heavy atom. The quantitative estimate of drug-likeness (QED) is 0.785. The minimum absolute atomic E-state index is 0.0262. The second-order valence-corrected chi connectivity index (χ2v) is 4.36. The molecule has 0 aliphatic heterocycles. The topological polar surface area (TPSA) is 61.3 Å². The van der Waals surface area contributed by atoms with E-state index in [1.807, 2.05) is 6.08 Å². The summed E-state index contributed by atoms with van der Waals surface area (Å²) in [6.45, 7) is 13.0. The Hall–Kier alpha value is -2.82. The molecule has 2 aromatic rings. The van der Waals surface area contributed by atoms with E-state index in [1.165, 1.54) is 6.08 Å². The lowest BCUT2D eigenvalue weighted by molar-refractivity contribution is 0.251. The molecule has 0 aromatic carbocycles. The molecule has 2 aromatic heterocycles. The Morgan fingerprint density at radius 1 is 1.09 bits per heavy atom. The number of allylic oxidation sites excluding steroid dienone is 1. The van der Waals surface area contributed by atoms with E-state index in [0.29, 0.717) is 22.2 Å². The van der Waals surface area contributed by atoms with E-state index in [1.54, 1.807) is 18.2 Å². The Balaban J connectivity index is 2.36. The highest BCUT2D eigenvalue weighted by Crippen LogP contribution is 2.22. The van der Waals surface area contributed by atoms with Crippen molar-refractivity contribution in [2.24, 2.45) is 0 Å². The third-order valence-electron chi connectivity index (χ3n) is 2.77.